The maximum absolute atomic E-state index is 9.77. The van der Waals surface area contributed by atoms with Crippen molar-refractivity contribution >= 4 is 0 Å². The zero-order valence-corrected chi connectivity index (χ0v) is 11.2. The van der Waals surface area contributed by atoms with Crippen LogP contribution < -0.4 is 5.32 Å². The van der Waals surface area contributed by atoms with Gasteiger partial charge in [-0.2, -0.15) is 0 Å². The van der Waals surface area contributed by atoms with Crippen LogP contribution in [-0.2, 0) is 13.5 Å². The molecule has 0 saturated carbocycles. The van der Waals surface area contributed by atoms with E-state index in [1.807, 2.05) is 24.7 Å². The van der Waals surface area contributed by atoms with Crippen LogP contribution in [0.5, 0.6) is 11.5 Å². The average Bonchev–Trinajstić information content (AvgIpc) is 2.78. The van der Waals surface area contributed by atoms with Gasteiger partial charge in [-0.25, -0.2) is 4.98 Å². The number of nitrogens with one attached hydrogen (secondary N) is 1. The van der Waals surface area contributed by atoms with Gasteiger partial charge in [0, 0.05) is 44.0 Å². The number of imidazole rings is 1. The van der Waals surface area contributed by atoms with Crippen LogP contribution in [-0.4, -0.2) is 26.3 Å². The summed E-state index contributed by atoms with van der Waals surface area (Å²) in [6.07, 6.45) is 4.51. The minimum atomic E-state index is -0.0348. The third kappa shape index (κ3) is 3.26. The zero-order chi connectivity index (χ0) is 13.8. The summed E-state index contributed by atoms with van der Waals surface area (Å²) in [5.74, 6) is 1.36. The van der Waals surface area contributed by atoms with Crippen LogP contribution in [0.3, 0.4) is 0 Å². The molecule has 1 aromatic heterocycles. The summed E-state index contributed by atoms with van der Waals surface area (Å²) in [4.78, 5) is 4.25. The predicted octanol–water partition coefficient (Wildman–Crippen LogP) is 1.72. The number of hydrogen-bond donors (Lipinski definition) is 3. The second-order valence-electron chi connectivity index (χ2n) is 4.62. The quantitative estimate of drug-likeness (QED) is 0.717. The van der Waals surface area contributed by atoms with E-state index in [1.54, 1.807) is 12.3 Å². The van der Waals surface area contributed by atoms with E-state index in [-0.39, 0.29) is 17.5 Å². The van der Waals surface area contributed by atoms with Crippen molar-refractivity contribution in [3.8, 4) is 11.5 Å². The molecular weight excluding hydrogens is 242 g/mol. The number of aryl methyl sites for hydroxylation is 1. The Morgan fingerprint density at radius 2 is 2.16 bits per heavy atom. The van der Waals surface area contributed by atoms with Crippen molar-refractivity contribution in [2.24, 2.45) is 7.05 Å². The van der Waals surface area contributed by atoms with Crippen molar-refractivity contribution in [3.05, 3.63) is 42.0 Å². The van der Waals surface area contributed by atoms with Crippen molar-refractivity contribution < 1.29 is 10.2 Å². The van der Waals surface area contributed by atoms with Crippen molar-refractivity contribution in [1.82, 2.24) is 14.9 Å². The summed E-state index contributed by atoms with van der Waals surface area (Å²) in [5.41, 5.74) is 0.694. The van der Waals surface area contributed by atoms with Crippen LogP contribution >= 0.6 is 0 Å². The maximum atomic E-state index is 9.77. The highest BCUT2D eigenvalue weighted by Gasteiger charge is 2.11. The van der Waals surface area contributed by atoms with Gasteiger partial charge in [0.05, 0.1) is 0 Å². The lowest BCUT2D eigenvalue weighted by Crippen LogP contribution is -2.22. The molecule has 19 heavy (non-hydrogen) atoms. The fourth-order valence-corrected chi connectivity index (χ4v) is 2.04. The topological polar surface area (TPSA) is 70.3 Å². The molecule has 102 valence electrons. The molecule has 2 aromatic rings. The van der Waals surface area contributed by atoms with Crippen LogP contribution in [0, 0.1) is 0 Å². The molecule has 0 fully saturated rings. The standard InChI is InChI=1S/C14H19N3O2/c1-10(12-9-11(18)3-4-13(12)19)15-6-5-14-16-7-8-17(14)2/h3-4,7-10,15,18-19H,5-6H2,1-2H3. The molecule has 0 bridgehead atoms. The number of phenolic OH excluding ortho intramolecular Hbond substituents is 2. The first-order chi connectivity index (χ1) is 9.08. The molecule has 5 nitrogen and oxygen atoms in total. The van der Waals surface area contributed by atoms with Gasteiger partial charge in [-0.05, 0) is 25.1 Å². The van der Waals surface area contributed by atoms with Gasteiger partial charge in [0.15, 0.2) is 0 Å². The zero-order valence-electron chi connectivity index (χ0n) is 11.2. The molecule has 0 aliphatic rings. The number of hydrogen-bond acceptors (Lipinski definition) is 4. The number of benzene rings is 1. The van der Waals surface area contributed by atoms with E-state index in [2.05, 4.69) is 10.3 Å². The van der Waals surface area contributed by atoms with Gasteiger partial charge < -0.3 is 20.1 Å². The third-order valence-corrected chi connectivity index (χ3v) is 3.20. The second kappa shape index (κ2) is 5.75. The van der Waals surface area contributed by atoms with E-state index in [0.717, 1.165) is 18.8 Å². The first-order valence-electron chi connectivity index (χ1n) is 6.29. The van der Waals surface area contributed by atoms with E-state index < -0.39 is 0 Å². The molecule has 1 aromatic carbocycles. The molecule has 0 radical (unpaired) electrons. The van der Waals surface area contributed by atoms with Gasteiger partial charge in [0.25, 0.3) is 0 Å². The maximum Gasteiger partial charge on any atom is 0.120 e. The molecule has 1 atom stereocenters. The van der Waals surface area contributed by atoms with Gasteiger partial charge in [-0.15, -0.1) is 0 Å². The number of rotatable bonds is 5. The molecule has 0 aliphatic carbocycles. The van der Waals surface area contributed by atoms with Crippen molar-refractivity contribution in [3.63, 3.8) is 0 Å². The first kappa shape index (κ1) is 13.4. The fraction of sp³-hybridized carbons (Fsp3) is 0.357. The first-order valence-corrected chi connectivity index (χ1v) is 6.29. The highest BCUT2D eigenvalue weighted by molar-refractivity contribution is 5.40. The third-order valence-electron chi connectivity index (χ3n) is 3.20. The molecule has 1 heterocycles. The average molecular weight is 261 g/mol. The lowest BCUT2D eigenvalue weighted by molar-refractivity contribution is 0.441. The van der Waals surface area contributed by atoms with E-state index >= 15 is 0 Å². The Morgan fingerprint density at radius 3 is 2.84 bits per heavy atom. The number of aromatic hydroxyl groups is 2. The van der Waals surface area contributed by atoms with Crippen LogP contribution in [0.4, 0.5) is 0 Å². The van der Waals surface area contributed by atoms with Gasteiger partial charge >= 0.3 is 0 Å². The van der Waals surface area contributed by atoms with Crippen LogP contribution in [0.15, 0.2) is 30.6 Å². The van der Waals surface area contributed by atoms with Crippen molar-refractivity contribution in [2.45, 2.75) is 19.4 Å². The number of aromatic nitrogens is 2. The molecule has 1 unspecified atom stereocenters. The minimum Gasteiger partial charge on any atom is -0.508 e. The second-order valence-corrected chi connectivity index (χ2v) is 4.62. The number of nitrogens with zero attached hydrogens (tertiary/aromatic N) is 2. The summed E-state index contributed by atoms with van der Waals surface area (Å²) >= 11 is 0. The summed E-state index contributed by atoms with van der Waals surface area (Å²) in [5, 5.41) is 22.5. The summed E-state index contributed by atoms with van der Waals surface area (Å²) in [7, 11) is 1.97. The van der Waals surface area contributed by atoms with Gasteiger partial charge in [0.2, 0.25) is 0 Å². The molecule has 0 spiro atoms. The van der Waals surface area contributed by atoms with Crippen LogP contribution in [0.2, 0.25) is 0 Å². The monoisotopic (exact) mass is 261 g/mol. The highest BCUT2D eigenvalue weighted by atomic mass is 16.3. The predicted molar refractivity (Wildman–Crippen MR) is 73.1 cm³/mol. The van der Waals surface area contributed by atoms with Crippen molar-refractivity contribution in [1.29, 1.82) is 0 Å². The molecule has 0 aliphatic heterocycles. The SMILES string of the molecule is CC(NCCc1nccn1C)c1cc(O)ccc1O. The van der Waals surface area contributed by atoms with E-state index in [1.165, 1.54) is 12.1 Å². The van der Waals surface area contributed by atoms with Crippen LogP contribution in [0.1, 0.15) is 24.4 Å². The lowest BCUT2D eigenvalue weighted by atomic mass is 10.1. The minimum absolute atomic E-state index is 0.0348. The van der Waals surface area contributed by atoms with E-state index in [0.29, 0.717) is 5.56 Å². The lowest BCUT2D eigenvalue weighted by Gasteiger charge is -2.15. The fourth-order valence-electron chi connectivity index (χ4n) is 2.04. The Balaban J connectivity index is 1.92. The van der Waals surface area contributed by atoms with E-state index in [4.69, 9.17) is 0 Å². The number of phenols is 2. The smallest absolute Gasteiger partial charge is 0.120 e. The molecule has 0 amide bonds. The Labute approximate surface area is 112 Å². The highest BCUT2D eigenvalue weighted by Crippen LogP contribution is 2.27. The van der Waals surface area contributed by atoms with Crippen LogP contribution in [0.25, 0.3) is 0 Å². The largest absolute Gasteiger partial charge is 0.508 e. The Morgan fingerprint density at radius 1 is 1.37 bits per heavy atom. The molecular formula is C14H19N3O2. The molecule has 0 saturated heterocycles. The Hall–Kier alpha value is -2.01. The molecule has 5 heteroatoms. The molecule has 2 rings (SSSR count). The van der Waals surface area contributed by atoms with Gasteiger partial charge in [-0.1, -0.05) is 0 Å². The van der Waals surface area contributed by atoms with Gasteiger partial charge in [-0.3, -0.25) is 0 Å². The molecule has 3 N–H and O–H groups in total. The Kier molecular flexibility index (Phi) is 4.06. The summed E-state index contributed by atoms with van der Waals surface area (Å²) in [6.45, 7) is 2.70. The van der Waals surface area contributed by atoms with Gasteiger partial charge in [0.1, 0.15) is 17.3 Å². The summed E-state index contributed by atoms with van der Waals surface area (Å²) < 4.78 is 1.98. The Bertz CT molecular complexity index is 551. The van der Waals surface area contributed by atoms with Crippen molar-refractivity contribution in [2.75, 3.05) is 6.54 Å². The normalized spacial score (nSPS) is 12.5. The van der Waals surface area contributed by atoms with E-state index in [9.17, 15) is 10.2 Å². The summed E-state index contributed by atoms with van der Waals surface area (Å²) in [6, 6.07) is 4.52.